The second kappa shape index (κ2) is 5.40. The number of para-hydroxylation sites is 1. The fourth-order valence-electron chi connectivity index (χ4n) is 1.68. The Kier molecular flexibility index (Phi) is 3.80. The molecule has 0 spiro atoms. The van der Waals surface area contributed by atoms with Crippen molar-refractivity contribution in [3.63, 3.8) is 0 Å². The number of carbonyl (C=O) groups excluding carboxylic acids is 1. The van der Waals surface area contributed by atoms with Crippen molar-refractivity contribution < 1.29 is 19.1 Å². The van der Waals surface area contributed by atoms with E-state index in [4.69, 9.17) is 9.52 Å². The van der Waals surface area contributed by atoms with Gasteiger partial charge in [-0.2, -0.15) is 0 Å². The van der Waals surface area contributed by atoms with Crippen molar-refractivity contribution in [2.75, 3.05) is 6.54 Å². The number of nitrogens with one attached hydrogen (secondary N) is 1. The van der Waals surface area contributed by atoms with Gasteiger partial charge in [0, 0.05) is 12.6 Å². The third-order valence-electron chi connectivity index (χ3n) is 3.13. The molecule has 6 nitrogen and oxygen atoms in total. The number of carboxylic acid groups (broad SMARTS) is 1. The van der Waals surface area contributed by atoms with E-state index in [1.807, 2.05) is 0 Å². The molecule has 1 heterocycles. The number of benzene rings is 1. The van der Waals surface area contributed by atoms with Gasteiger partial charge in [0.05, 0.1) is 10.8 Å². The van der Waals surface area contributed by atoms with Gasteiger partial charge in [-0.1, -0.05) is 12.1 Å². The summed E-state index contributed by atoms with van der Waals surface area (Å²) in [5, 5.41) is 11.8. The van der Waals surface area contributed by atoms with Gasteiger partial charge in [-0.05, 0) is 26.0 Å². The van der Waals surface area contributed by atoms with Crippen molar-refractivity contribution in [2.24, 2.45) is 5.41 Å². The van der Waals surface area contributed by atoms with Crippen molar-refractivity contribution in [2.45, 2.75) is 13.8 Å². The van der Waals surface area contributed by atoms with E-state index in [1.54, 1.807) is 24.3 Å². The molecule has 0 aliphatic rings. The van der Waals surface area contributed by atoms with Crippen molar-refractivity contribution in [1.29, 1.82) is 0 Å². The SMILES string of the molecule is CC(C)(CNC(=O)c1cc(=O)c2ccccc2o1)C(=O)O. The first kappa shape index (κ1) is 14.8. The van der Waals surface area contributed by atoms with Crippen LogP contribution < -0.4 is 10.7 Å². The van der Waals surface area contributed by atoms with E-state index in [2.05, 4.69) is 5.32 Å². The molecule has 0 fully saturated rings. The molecule has 2 rings (SSSR count). The van der Waals surface area contributed by atoms with Gasteiger partial charge in [0.2, 0.25) is 0 Å². The van der Waals surface area contributed by atoms with Crippen LogP contribution in [0.4, 0.5) is 0 Å². The predicted octanol–water partition coefficient (Wildman–Crippen LogP) is 1.63. The number of rotatable bonds is 4. The van der Waals surface area contributed by atoms with Crippen molar-refractivity contribution >= 4 is 22.8 Å². The van der Waals surface area contributed by atoms with Gasteiger partial charge in [0.25, 0.3) is 5.91 Å². The second-order valence-corrected chi connectivity index (χ2v) is 5.34. The number of carboxylic acids is 1. The van der Waals surface area contributed by atoms with E-state index >= 15 is 0 Å². The van der Waals surface area contributed by atoms with E-state index in [9.17, 15) is 14.4 Å². The first-order valence-electron chi connectivity index (χ1n) is 6.36. The van der Waals surface area contributed by atoms with Crippen molar-refractivity contribution in [3.05, 3.63) is 46.3 Å². The molecule has 1 aromatic heterocycles. The molecular formula is C15H15NO5. The zero-order valence-electron chi connectivity index (χ0n) is 11.7. The van der Waals surface area contributed by atoms with Crippen LogP contribution in [-0.4, -0.2) is 23.5 Å². The maximum absolute atomic E-state index is 12.0. The topological polar surface area (TPSA) is 96.6 Å². The summed E-state index contributed by atoms with van der Waals surface area (Å²) in [6.45, 7) is 2.91. The van der Waals surface area contributed by atoms with Crippen LogP contribution in [0.5, 0.6) is 0 Å². The molecule has 2 N–H and O–H groups in total. The lowest BCUT2D eigenvalue weighted by atomic mass is 9.94. The summed E-state index contributed by atoms with van der Waals surface area (Å²) >= 11 is 0. The fraction of sp³-hybridized carbons (Fsp3) is 0.267. The number of amides is 1. The van der Waals surface area contributed by atoms with Gasteiger partial charge in [0.15, 0.2) is 11.2 Å². The highest BCUT2D eigenvalue weighted by molar-refractivity contribution is 5.93. The van der Waals surface area contributed by atoms with Crippen LogP contribution in [0.15, 0.2) is 39.5 Å². The summed E-state index contributed by atoms with van der Waals surface area (Å²) in [5.74, 6) is -1.78. The minimum atomic E-state index is -1.10. The molecule has 1 amide bonds. The number of carbonyl (C=O) groups is 2. The van der Waals surface area contributed by atoms with E-state index in [0.29, 0.717) is 11.0 Å². The Morgan fingerprint density at radius 3 is 2.62 bits per heavy atom. The summed E-state index contributed by atoms with van der Waals surface area (Å²) in [7, 11) is 0. The highest BCUT2D eigenvalue weighted by atomic mass is 16.4. The lowest BCUT2D eigenvalue weighted by Gasteiger charge is -2.19. The van der Waals surface area contributed by atoms with Gasteiger partial charge in [-0.3, -0.25) is 14.4 Å². The van der Waals surface area contributed by atoms with Crippen molar-refractivity contribution in [1.82, 2.24) is 5.32 Å². The third-order valence-corrected chi connectivity index (χ3v) is 3.13. The molecular weight excluding hydrogens is 274 g/mol. The maximum Gasteiger partial charge on any atom is 0.310 e. The Bertz CT molecular complexity index is 760. The van der Waals surface area contributed by atoms with E-state index < -0.39 is 17.3 Å². The Morgan fingerprint density at radius 1 is 1.29 bits per heavy atom. The van der Waals surface area contributed by atoms with E-state index in [1.165, 1.54) is 13.8 Å². The van der Waals surface area contributed by atoms with Crippen LogP contribution in [0, 0.1) is 5.41 Å². The Balaban J connectivity index is 2.24. The third kappa shape index (κ3) is 3.10. The number of hydrogen-bond acceptors (Lipinski definition) is 4. The molecule has 6 heteroatoms. The Hall–Kier alpha value is -2.63. The zero-order valence-corrected chi connectivity index (χ0v) is 11.7. The molecule has 0 atom stereocenters. The quantitative estimate of drug-likeness (QED) is 0.891. The summed E-state index contributed by atoms with van der Waals surface area (Å²) in [4.78, 5) is 34.8. The average molecular weight is 289 g/mol. The number of hydrogen-bond donors (Lipinski definition) is 2. The molecule has 0 unspecified atom stereocenters. The van der Waals surface area contributed by atoms with Crippen LogP contribution in [0.1, 0.15) is 24.4 Å². The molecule has 0 saturated carbocycles. The summed E-state index contributed by atoms with van der Waals surface area (Å²) in [5.41, 5.74) is -1.11. The van der Waals surface area contributed by atoms with E-state index in [0.717, 1.165) is 6.07 Å². The summed E-state index contributed by atoms with van der Waals surface area (Å²) in [6.07, 6.45) is 0. The largest absolute Gasteiger partial charge is 0.481 e. The fourth-order valence-corrected chi connectivity index (χ4v) is 1.68. The van der Waals surface area contributed by atoms with Crippen LogP contribution in [-0.2, 0) is 4.79 Å². The van der Waals surface area contributed by atoms with Gasteiger partial charge in [0.1, 0.15) is 5.58 Å². The normalized spacial score (nSPS) is 11.3. The minimum Gasteiger partial charge on any atom is -0.481 e. The molecule has 0 aliphatic carbocycles. The highest BCUT2D eigenvalue weighted by Crippen LogP contribution is 2.15. The monoisotopic (exact) mass is 289 g/mol. The molecule has 21 heavy (non-hydrogen) atoms. The number of aliphatic carboxylic acids is 1. The first-order chi connectivity index (χ1) is 9.81. The smallest absolute Gasteiger partial charge is 0.310 e. The van der Waals surface area contributed by atoms with Gasteiger partial charge < -0.3 is 14.8 Å². The maximum atomic E-state index is 12.0. The number of fused-ring (bicyclic) bond motifs is 1. The molecule has 2 aromatic rings. The Labute approximate surface area is 120 Å². The highest BCUT2D eigenvalue weighted by Gasteiger charge is 2.28. The van der Waals surface area contributed by atoms with Gasteiger partial charge >= 0.3 is 5.97 Å². The van der Waals surface area contributed by atoms with Crippen molar-refractivity contribution in [3.8, 4) is 0 Å². The van der Waals surface area contributed by atoms with Crippen LogP contribution in [0.3, 0.4) is 0 Å². The van der Waals surface area contributed by atoms with Crippen LogP contribution >= 0.6 is 0 Å². The van der Waals surface area contributed by atoms with Crippen LogP contribution in [0.25, 0.3) is 11.0 Å². The Morgan fingerprint density at radius 2 is 1.95 bits per heavy atom. The second-order valence-electron chi connectivity index (χ2n) is 5.34. The predicted molar refractivity (Wildman–Crippen MR) is 76.2 cm³/mol. The average Bonchev–Trinajstić information content (AvgIpc) is 2.44. The molecule has 0 bridgehead atoms. The van der Waals surface area contributed by atoms with E-state index in [-0.39, 0.29) is 17.7 Å². The molecule has 0 radical (unpaired) electrons. The standard InChI is InChI=1S/C15H15NO5/c1-15(2,14(19)20)8-16-13(18)12-7-10(17)9-5-3-4-6-11(9)21-12/h3-7H,8H2,1-2H3,(H,16,18)(H,19,20). The molecule has 110 valence electrons. The zero-order chi connectivity index (χ0) is 15.6. The molecule has 1 aromatic carbocycles. The first-order valence-corrected chi connectivity index (χ1v) is 6.36. The summed E-state index contributed by atoms with van der Waals surface area (Å²) in [6, 6.07) is 7.70. The lowest BCUT2D eigenvalue weighted by Crippen LogP contribution is -2.39. The van der Waals surface area contributed by atoms with Gasteiger partial charge in [-0.15, -0.1) is 0 Å². The molecule has 0 saturated heterocycles. The minimum absolute atomic E-state index is 0.0717. The lowest BCUT2D eigenvalue weighted by molar-refractivity contribution is -0.146. The van der Waals surface area contributed by atoms with Gasteiger partial charge in [-0.25, -0.2) is 0 Å². The molecule has 0 aliphatic heterocycles. The summed E-state index contributed by atoms with van der Waals surface area (Å²) < 4.78 is 5.37. The van der Waals surface area contributed by atoms with Crippen LogP contribution in [0.2, 0.25) is 0 Å².